The van der Waals surface area contributed by atoms with Crippen LogP contribution >= 0.6 is 0 Å². The van der Waals surface area contributed by atoms with Crippen molar-refractivity contribution >= 4 is 8.32 Å². The lowest BCUT2D eigenvalue weighted by atomic mass is 10.1. The van der Waals surface area contributed by atoms with E-state index in [1.807, 2.05) is 0 Å². The topological polar surface area (TPSA) is 33.0 Å². The second-order valence-corrected chi connectivity index (χ2v) is 11.5. The highest BCUT2D eigenvalue weighted by atomic mass is 28.4. The number of hydrogen-bond donors (Lipinski definition) is 0. The third-order valence-corrected chi connectivity index (χ3v) is 8.36. The van der Waals surface area contributed by atoms with Gasteiger partial charge in [0.15, 0.2) is 8.32 Å². The summed E-state index contributed by atoms with van der Waals surface area (Å²) in [6, 6.07) is 8.50. The quantitative estimate of drug-likeness (QED) is 0.753. The molecule has 0 aliphatic rings. The van der Waals surface area contributed by atoms with Gasteiger partial charge < -0.3 is 4.43 Å². The van der Waals surface area contributed by atoms with Gasteiger partial charge in [-0.05, 0) is 36.2 Å². The lowest BCUT2D eigenvalue weighted by Crippen LogP contribution is -2.40. The van der Waals surface area contributed by atoms with E-state index in [1.165, 1.54) is 11.1 Å². The SMILES string of the molecule is Cc1cc(CC#N)cc(CO[Si](C)(C)C(C)(C)C)c1. The van der Waals surface area contributed by atoms with Crippen molar-refractivity contribution in [1.82, 2.24) is 0 Å². The summed E-state index contributed by atoms with van der Waals surface area (Å²) in [5.74, 6) is 0. The number of nitriles is 1. The zero-order chi connectivity index (χ0) is 14.7. The van der Waals surface area contributed by atoms with E-state index in [4.69, 9.17) is 9.69 Å². The predicted molar refractivity (Wildman–Crippen MR) is 82.5 cm³/mol. The van der Waals surface area contributed by atoms with Crippen molar-refractivity contribution in [2.24, 2.45) is 0 Å². The predicted octanol–water partition coefficient (Wildman–Crippen LogP) is 4.58. The van der Waals surface area contributed by atoms with Gasteiger partial charge in [-0.25, -0.2) is 0 Å². The van der Waals surface area contributed by atoms with Crippen molar-refractivity contribution in [1.29, 1.82) is 5.26 Å². The fourth-order valence-electron chi connectivity index (χ4n) is 1.70. The van der Waals surface area contributed by atoms with E-state index in [-0.39, 0.29) is 5.04 Å². The lowest BCUT2D eigenvalue weighted by Gasteiger charge is -2.36. The van der Waals surface area contributed by atoms with Gasteiger partial charge in [-0.2, -0.15) is 5.26 Å². The maximum atomic E-state index is 8.79. The molecule has 0 aromatic heterocycles. The van der Waals surface area contributed by atoms with E-state index >= 15 is 0 Å². The van der Waals surface area contributed by atoms with E-state index in [2.05, 4.69) is 65.1 Å². The van der Waals surface area contributed by atoms with E-state index in [1.54, 1.807) is 0 Å². The summed E-state index contributed by atoms with van der Waals surface area (Å²) in [6.07, 6.45) is 0.467. The monoisotopic (exact) mass is 275 g/mol. The summed E-state index contributed by atoms with van der Waals surface area (Å²) in [6.45, 7) is 14.0. The highest BCUT2D eigenvalue weighted by Gasteiger charge is 2.36. The second-order valence-electron chi connectivity index (χ2n) is 6.71. The van der Waals surface area contributed by atoms with Crippen LogP contribution in [0, 0.1) is 18.3 Å². The van der Waals surface area contributed by atoms with Crippen molar-refractivity contribution in [2.75, 3.05) is 0 Å². The van der Waals surface area contributed by atoms with Crippen LogP contribution < -0.4 is 0 Å². The zero-order valence-corrected chi connectivity index (χ0v) is 14.0. The number of benzene rings is 1. The highest BCUT2D eigenvalue weighted by molar-refractivity contribution is 6.74. The zero-order valence-electron chi connectivity index (χ0n) is 13.0. The van der Waals surface area contributed by atoms with Crippen LogP contribution in [0.1, 0.15) is 37.5 Å². The molecule has 1 rings (SSSR count). The van der Waals surface area contributed by atoms with Gasteiger partial charge in [-0.3, -0.25) is 0 Å². The third kappa shape index (κ3) is 4.48. The smallest absolute Gasteiger partial charge is 0.192 e. The van der Waals surface area contributed by atoms with Crippen LogP contribution in [0.4, 0.5) is 0 Å². The van der Waals surface area contributed by atoms with Crippen molar-refractivity contribution in [3.8, 4) is 6.07 Å². The molecular formula is C16H25NOSi. The van der Waals surface area contributed by atoms with Crippen molar-refractivity contribution in [3.63, 3.8) is 0 Å². The number of aryl methyl sites for hydroxylation is 1. The van der Waals surface area contributed by atoms with Gasteiger partial charge in [0.1, 0.15) is 0 Å². The standard InChI is InChI=1S/C16H25NOSi/c1-13-9-14(7-8-17)11-15(10-13)12-18-19(5,6)16(2,3)4/h9-11H,7,12H2,1-6H3. The van der Waals surface area contributed by atoms with Gasteiger partial charge in [0.2, 0.25) is 0 Å². The molecule has 0 unspecified atom stereocenters. The van der Waals surface area contributed by atoms with Gasteiger partial charge in [0.05, 0.1) is 19.1 Å². The summed E-state index contributed by atoms with van der Waals surface area (Å²) in [5.41, 5.74) is 3.45. The number of rotatable bonds is 4. The Balaban J connectivity index is 2.81. The van der Waals surface area contributed by atoms with Crippen LogP contribution in [0.15, 0.2) is 18.2 Å². The molecule has 0 aliphatic heterocycles. The fourth-order valence-corrected chi connectivity index (χ4v) is 2.67. The molecule has 3 heteroatoms. The molecule has 0 spiro atoms. The minimum atomic E-state index is -1.71. The summed E-state index contributed by atoms with van der Waals surface area (Å²) in [7, 11) is -1.71. The largest absolute Gasteiger partial charge is 0.413 e. The Morgan fingerprint density at radius 2 is 1.74 bits per heavy atom. The van der Waals surface area contributed by atoms with Gasteiger partial charge in [-0.15, -0.1) is 0 Å². The molecule has 0 bridgehead atoms. The highest BCUT2D eigenvalue weighted by Crippen LogP contribution is 2.37. The molecule has 19 heavy (non-hydrogen) atoms. The maximum Gasteiger partial charge on any atom is 0.192 e. The van der Waals surface area contributed by atoms with Crippen LogP contribution in [0.5, 0.6) is 0 Å². The molecule has 0 aliphatic carbocycles. The molecule has 0 N–H and O–H groups in total. The normalized spacial score (nSPS) is 12.3. The molecule has 0 amide bonds. The summed E-state index contributed by atoms with van der Waals surface area (Å²) < 4.78 is 6.22. The molecule has 0 atom stereocenters. The Hall–Kier alpha value is -1.11. The molecule has 0 heterocycles. The Morgan fingerprint density at radius 1 is 1.16 bits per heavy atom. The second kappa shape index (κ2) is 5.90. The number of nitrogens with zero attached hydrogens (tertiary/aromatic N) is 1. The first kappa shape index (κ1) is 15.9. The van der Waals surface area contributed by atoms with Crippen molar-refractivity contribution in [2.45, 2.75) is 58.9 Å². The molecule has 2 nitrogen and oxygen atoms in total. The first-order valence-corrected chi connectivity index (χ1v) is 9.67. The van der Waals surface area contributed by atoms with E-state index in [0.29, 0.717) is 13.0 Å². The summed E-state index contributed by atoms with van der Waals surface area (Å²) >= 11 is 0. The van der Waals surface area contributed by atoms with Crippen molar-refractivity contribution in [3.05, 3.63) is 34.9 Å². The molecule has 0 radical (unpaired) electrons. The Morgan fingerprint density at radius 3 is 2.26 bits per heavy atom. The van der Waals surface area contributed by atoms with Crippen LogP contribution in [-0.2, 0) is 17.5 Å². The molecule has 1 aromatic carbocycles. The van der Waals surface area contributed by atoms with Crippen molar-refractivity contribution < 1.29 is 4.43 Å². The number of hydrogen-bond acceptors (Lipinski definition) is 2. The third-order valence-electron chi connectivity index (χ3n) is 3.89. The van der Waals surface area contributed by atoms with Crippen LogP contribution in [-0.4, -0.2) is 8.32 Å². The first-order chi connectivity index (χ1) is 8.65. The van der Waals surface area contributed by atoms with Crippen LogP contribution in [0.3, 0.4) is 0 Å². The summed E-state index contributed by atoms with van der Waals surface area (Å²) in [5, 5.41) is 9.02. The Labute approximate surface area is 118 Å². The summed E-state index contributed by atoms with van der Waals surface area (Å²) in [4.78, 5) is 0. The maximum absolute atomic E-state index is 8.79. The van der Waals surface area contributed by atoms with E-state index in [9.17, 15) is 0 Å². The Bertz CT molecular complexity index is 481. The van der Waals surface area contributed by atoms with Crippen LogP contribution in [0.2, 0.25) is 18.1 Å². The fraction of sp³-hybridized carbons (Fsp3) is 0.562. The average Bonchev–Trinajstić information content (AvgIpc) is 2.25. The lowest BCUT2D eigenvalue weighted by molar-refractivity contribution is 0.276. The van der Waals surface area contributed by atoms with Crippen LogP contribution in [0.25, 0.3) is 0 Å². The molecule has 0 fully saturated rings. The molecular weight excluding hydrogens is 250 g/mol. The molecule has 0 saturated carbocycles. The van der Waals surface area contributed by atoms with Gasteiger partial charge in [0, 0.05) is 0 Å². The van der Waals surface area contributed by atoms with Gasteiger partial charge in [-0.1, -0.05) is 44.5 Å². The molecule has 0 saturated heterocycles. The van der Waals surface area contributed by atoms with E-state index in [0.717, 1.165) is 5.56 Å². The Kier molecular flexibility index (Phi) is 4.95. The first-order valence-electron chi connectivity index (χ1n) is 6.76. The van der Waals surface area contributed by atoms with Gasteiger partial charge in [0.25, 0.3) is 0 Å². The molecule has 104 valence electrons. The minimum absolute atomic E-state index is 0.228. The minimum Gasteiger partial charge on any atom is -0.413 e. The molecule has 1 aromatic rings. The van der Waals surface area contributed by atoms with Gasteiger partial charge >= 0.3 is 0 Å². The average molecular weight is 275 g/mol. The van der Waals surface area contributed by atoms with E-state index < -0.39 is 8.32 Å².